The predicted molar refractivity (Wildman–Crippen MR) is 123 cm³/mol. The quantitative estimate of drug-likeness (QED) is 0.391. The molecular weight excluding hydrogens is 436 g/mol. The first-order chi connectivity index (χ1) is 16.7. The maximum atomic E-state index is 12.8. The van der Waals surface area contributed by atoms with Gasteiger partial charge in [0.1, 0.15) is 12.3 Å². The first kappa shape index (κ1) is 21.4. The molecule has 170 valence electrons. The van der Waals surface area contributed by atoms with E-state index in [9.17, 15) is 9.59 Å². The van der Waals surface area contributed by atoms with Crippen LogP contribution in [-0.4, -0.2) is 30.2 Å². The monoisotopic (exact) mass is 456 g/mol. The smallest absolute Gasteiger partial charge is 0.250 e. The Balaban J connectivity index is 1.17. The number of nitrogens with one attached hydrogen (secondary N) is 1. The van der Waals surface area contributed by atoms with Crippen molar-refractivity contribution in [3.05, 3.63) is 95.7 Å². The highest BCUT2D eigenvalue weighted by molar-refractivity contribution is 6.13. The number of carbonyl (C=O) groups is 2. The molecule has 0 radical (unpaired) electrons. The molecule has 34 heavy (non-hydrogen) atoms. The maximum Gasteiger partial charge on any atom is 0.250 e. The van der Waals surface area contributed by atoms with Crippen LogP contribution in [0.2, 0.25) is 0 Å². The van der Waals surface area contributed by atoms with Gasteiger partial charge in [-0.15, -0.1) is 0 Å². The molecule has 8 nitrogen and oxygen atoms in total. The Bertz CT molecular complexity index is 1330. The summed E-state index contributed by atoms with van der Waals surface area (Å²) in [4.78, 5) is 25.2. The average molecular weight is 456 g/mol. The molecule has 0 unspecified atom stereocenters. The van der Waals surface area contributed by atoms with E-state index in [0.717, 1.165) is 5.56 Å². The Kier molecular flexibility index (Phi) is 6.05. The third-order valence-corrected chi connectivity index (χ3v) is 5.18. The highest BCUT2D eigenvalue weighted by atomic mass is 16.7. The minimum Gasteiger partial charge on any atom is -0.454 e. The summed E-state index contributed by atoms with van der Waals surface area (Å²) in [5, 5.41) is 6.74. The number of rotatable bonds is 8. The Morgan fingerprint density at radius 1 is 0.912 bits per heavy atom. The Morgan fingerprint density at radius 3 is 2.59 bits per heavy atom. The molecule has 1 amide bonds. The standard InChI is InChI=1S/C26H20N2O6/c29-25(27-21-9-5-4-8-20(21)26(30)17-6-2-1-3-7-17)15-31-14-19-13-23(34-28-19)18-10-11-22-24(12-18)33-16-32-22/h1-13H,14-16H2,(H,27,29). The number of carbonyl (C=O) groups excluding carboxylic acids is 2. The van der Waals surface area contributed by atoms with Crippen molar-refractivity contribution in [1.82, 2.24) is 5.16 Å². The summed E-state index contributed by atoms with van der Waals surface area (Å²) < 4.78 is 21.6. The largest absolute Gasteiger partial charge is 0.454 e. The topological polar surface area (TPSA) is 99.9 Å². The number of fused-ring (bicyclic) bond motifs is 1. The lowest BCUT2D eigenvalue weighted by Gasteiger charge is -2.10. The number of nitrogens with zero attached hydrogens (tertiary/aromatic N) is 1. The fourth-order valence-corrected chi connectivity index (χ4v) is 3.54. The molecule has 0 bridgehead atoms. The number of amides is 1. The van der Waals surface area contributed by atoms with E-state index in [0.29, 0.717) is 39.8 Å². The van der Waals surface area contributed by atoms with Crippen LogP contribution in [0.15, 0.2) is 83.4 Å². The summed E-state index contributed by atoms with van der Waals surface area (Å²) in [7, 11) is 0. The molecule has 0 saturated carbocycles. The van der Waals surface area contributed by atoms with Gasteiger partial charge >= 0.3 is 0 Å². The van der Waals surface area contributed by atoms with Crippen LogP contribution in [0.4, 0.5) is 5.69 Å². The van der Waals surface area contributed by atoms with E-state index in [1.54, 1.807) is 60.7 Å². The van der Waals surface area contributed by atoms with E-state index in [1.165, 1.54) is 0 Å². The van der Waals surface area contributed by atoms with Gasteiger partial charge in [0.05, 0.1) is 12.3 Å². The molecule has 0 aliphatic carbocycles. The van der Waals surface area contributed by atoms with Crippen LogP contribution in [0, 0.1) is 0 Å². The summed E-state index contributed by atoms with van der Waals surface area (Å²) in [6.45, 7) is 0.0768. The van der Waals surface area contributed by atoms with Gasteiger partial charge in [0.2, 0.25) is 12.7 Å². The first-order valence-corrected chi connectivity index (χ1v) is 10.6. The molecule has 1 N–H and O–H groups in total. The SMILES string of the molecule is O=C(COCc1cc(-c2ccc3c(c2)OCO3)on1)Nc1ccccc1C(=O)c1ccccc1. The number of benzene rings is 3. The van der Waals surface area contributed by atoms with Gasteiger partial charge in [-0.2, -0.15) is 0 Å². The van der Waals surface area contributed by atoms with E-state index < -0.39 is 0 Å². The van der Waals surface area contributed by atoms with Crippen molar-refractivity contribution in [1.29, 1.82) is 0 Å². The predicted octanol–water partition coefficient (Wildman–Crippen LogP) is 4.46. The van der Waals surface area contributed by atoms with Gasteiger partial charge in [-0.1, -0.05) is 47.6 Å². The normalized spacial score (nSPS) is 11.9. The molecule has 0 fully saturated rings. The molecule has 3 aromatic carbocycles. The van der Waals surface area contributed by atoms with Crippen molar-refractivity contribution >= 4 is 17.4 Å². The van der Waals surface area contributed by atoms with Crippen LogP contribution >= 0.6 is 0 Å². The second kappa shape index (κ2) is 9.60. The highest BCUT2D eigenvalue weighted by Gasteiger charge is 2.17. The summed E-state index contributed by atoms with van der Waals surface area (Å²) in [6.07, 6.45) is 0. The van der Waals surface area contributed by atoms with Crippen molar-refractivity contribution in [2.24, 2.45) is 0 Å². The average Bonchev–Trinajstić information content (AvgIpc) is 3.54. The molecule has 0 atom stereocenters. The van der Waals surface area contributed by atoms with Crippen molar-refractivity contribution in [2.45, 2.75) is 6.61 Å². The maximum absolute atomic E-state index is 12.8. The van der Waals surface area contributed by atoms with Crippen molar-refractivity contribution in [3.63, 3.8) is 0 Å². The molecule has 1 aromatic heterocycles. The van der Waals surface area contributed by atoms with Crippen LogP contribution in [0.25, 0.3) is 11.3 Å². The van der Waals surface area contributed by atoms with Gasteiger partial charge in [0, 0.05) is 22.8 Å². The van der Waals surface area contributed by atoms with Crippen LogP contribution < -0.4 is 14.8 Å². The number of hydrogen-bond donors (Lipinski definition) is 1. The lowest BCUT2D eigenvalue weighted by Crippen LogP contribution is -2.20. The zero-order valence-electron chi connectivity index (χ0n) is 18.0. The number of ether oxygens (including phenoxy) is 3. The van der Waals surface area contributed by atoms with Gasteiger partial charge in [-0.3, -0.25) is 9.59 Å². The summed E-state index contributed by atoms with van der Waals surface area (Å²) in [5.41, 5.74) is 2.72. The van der Waals surface area contributed by atoms with E-state index in [2.05, 4.69) is 10.5 Å². The van der Waals surface area contributed by atoms with Gasteiger partial charge in [0.25, 0.3) is 0 Å². The summed E-state index contributed by atoms with van der Waals surface area (Å²) >= 11 is 0. The fraction of sp³-hybridized carbons (Fsp3) is 0.115. The van der Waals surface area contributed by atoms with Crippen molar-refractivity contribution < 1.29 is 28.3 Å². The minimum atomic E-state index is -0.382. The molecule has 5 rings (SSSR count). The lowest BCUT2D eigenvalue weighted by atomic mass is 10.0. The summed E-state index contributed by atoms with van der Waals surface area (Å²) in [5.74, 6) is 1.33. The van der Waals surface area contributed by atoms with Crippen molar-refractivity contribution in [2.75, 3.05) is 18.7 Å². The minimum absolute atomic E-state index is 0.0893. The molecular formula is C26H20N2O6. The molecule has 0 spiro atoms. The van der Waals surface area contributed by atoms with Crippen LogP contribution in [0.3, 0.4) is 0 Å². The highest BCUT2D eigenvalue weighted by Crippen LogP contribution is 2.36. The zero-order valence-corrected chi connectivity index (χ0v) is 18.0. The number of para-hydroxylation sites is 1. The van der Waals surface area contributed by atoms with E-state index in [4.69, 9.17) is 18.7 Å². The van der Waals surface area contributed by atoms with Gasteiger partial charge < -0.3 is 24.1 Å². The second-order valence-corrected chi connectivity index (χ2v) is 7.53. The van der Waals surface area contributed by atoms with Gasteiger partial charge in [-0.25, -0.2) is 0 Å². The van der Waals surface area contributed by atoms with Crippen molar-refractivity contribution in [3.8, 4) is 22.8 Å². The molecule has 8 heteroatoms. The van der Waals surface area contributed by atoms with E-state index in [1.807, 2.05) is 18.2 Å². The van der Waals surface area contributed by atoms with Crippen LogP contribution in [-0.2, 0) is 16.1 Å². The molecule has 4 aromatic rings. The first-order valence-electron chi connectivity index (χ1n) is 10.6. The number of aromatic nitrogens is 1. The molecule has 0 saturated heterocycles. The lowest BCUT2D eigenvalue weighted by molar-refractivity contribution is -0.121. The van der Waals surface area contributed by atoms with Gasteiger partial charge in [0.15, 0.2) is 23.0 Å². The Hall–Kier alpha value is -4.43. The number of ketones is 1. The summed E-state index contributed by atoms with van der Waals surface area (Å²) in [6, 6.07) is 23.0. The number of hydrogen-bond acceptors (Lipinski definition) is 7. The van der Waals surface area contributed by atoms with E-state index in [-0.39, 0.29) is 31.7 Å². The Labute approximate surface area is 195 Å². The number of anilines is 1. The van der Waals surface area contributed by atoms with E-state index >= 15 is 0 Å². The van der Waals surface area contributed by atoms with Gasteiger partial charge in [-0.05, 0) is 30.3 Å². The Morgan fingerprint density at radius 2 is 1.71 bits per heavy atom. The molecule has 1 aliphatic rings. The van der Waals surface area contributed by atoms with Crippen LogP contribution in [0.1, 0.15) is 21.6 Å². The second-order valence-electron chi connectivity index (χ2n) is 7.53. The fourth-order valence-electron chi connectivity index (χ4n) is 3.54. The zero-order chi connectivity index (χ0) is 23.3. The molecule has 2 heterocycles. The third-order valence-electron chi connectivity index (χ3n) is 5.18. The third kappa shape index (κ3) is 4.67. The molecule has 1 aliphatic heterocycles. The van der Waals surface area contributed by atoms with Crippen LogP contribution in [0.5, 0.6) is 11.5 Å².